The average Bonchev–Trinajstić information content (AvgIpc) is 3.25. The first-order valence-electron chi connectivity index (χ1n) is 7.01. The predicted molar refractivity (Wildman–Crippen MR) is 83.9 cm³/mol. The molecule has 3 rings (SSSR count). The van der Waals surface area contributed by atoms with Gasteiger partial charge in [0, 0.05) is 12.7 Å². The molecule has 1 nitrogen and oxygen atoms in total. The Morgan fingerprint density at radius 3 is 1.89 bits per heavy atom. The molecule has 0 saturated heterocycles. The summed E-state index contributed by atoms with van der Waals surface area (Å²) in [5, 5.41) is 3.10. The second kappa shape index (κ2) is 6.42. The van der Waals surface area contributed by atoms with E-state index < -0.39 is 0 Å². The quantitative estimate of drug-likeness (QED) is 0.802. The van der Waals surface area contributed by atoms with Crippen LogP contribution in [0.2, 0.25) is 0 Å². The summed E-state index contributed by atoms with van der Waals surface area (Å²) in [6, 6.07) is 16.9. The summed E-state index contributed by atoms with van der Waals surface area (Å²) in [6.07, 6.45) is 2.82. The van der Waals surface area contributed by atoms with Crippen molar-refractivity contribution < 1.29 is 0 Å². The number of aryl methyl sites for hydroxylation is 2. The van der Waals surface area contributed by atoms with Crippen molar-refractivity contribution in [3.8, 4) is 0 Å². The van der Waals surface area contributed by atoms with E-state index in [1.807, 2.05) is 19.2 Å². The van der Waals surface area contributed by atoms with Gasteiger partial charge in [0.15, 0.2) is 0 Å². The van der Waals surface area contributed by atoms with E-state index >= 15 is 0 Å². The number of anilines is 1. The van der Waals surface area contributed by atoms with Crippen molar-refractivity contribution in [3.63, 3.8) is 0 Å². The van der Waals surface area contributed by atoms with Crippen molar-refractivity contribution in [2.75, 3.05) is 12.4 Å². The molecule has 1 N–H and O–H groups in total. The van der Waals surface area contributed by atoms with Gasteiger partial charge in [-0.3, -0.25) is 0 Å². The third-order valence-electron chi connectivity index (χ3n) is 3.62. The zero-order valence-electron chi connectivity index (χ0n) is 12.1. The lowest BCUT2D eigenvalue weighted by Gasteiger charge is -2.01. The largest absolute Gasteiger partial charge is 0.388 e. The second-order valence-corrected chi connectivity index (χ2v) is 5.20. The van der Waals surface area contributed by atoms with Gasteiger partial charge in [0.1, 0.15) is 0 Å². The van der Waals surface area contributed by atoms with E-state index in [4.69, 9.17) is 0 Å². The van der Waals surface area contributed by atoms with Gasteiger partial charge in [-0.15, -0.1) is 0 Å². The molecule has 0 aliphatic heterocycles. The molecule has 1 fully saturated rings. The zero-order chi connectivity index (χ0) is 13.7. The minimum atomic E-state index is 0.904. The first-order valence-corrected chi connectivity index (χ1v) is 7.01. The molecule has 1 saturated carbocycles. The highest BCUT2D eigenvalue weighted by Gasteiger charge is 2.24. The number of hydrogen-bond donors (Lipinski definition) is 1. The molecule has 2 aromatic rings. The zero-order valence-corrected chi connectivity index (χ0v) is 12.1. The number of benzene rings is 2. The van der Waals surface area contributed by atoms with Gasteiger partial charge >= 0.3 is 0 Å². The summed E-state index contributed by atoms with van der Waals surface area (Å²) in [4.78, 5) is 0. The normalized spacial score (nSPS) is 13.4. The van der Waals surface area contributed by atoms with Crippen LogP contribution >= 0.6 is 0 Å². The highest BCUT2D eigenvalue weighted by atomic mass is 14.8. The lowest BCUT2D eigenvalue weighted by atomic mass is 10.1. The highest BCUT2D eigenvalue weighted by Crippen LogP contribution is 2.41. The Bertz CT molecular complexity index is 527. The summed E-state index contributed by atoms with van der Waals surface area (Å²) >= 11 is 0. The van der Waals surface area contributed by atoms with E-state index in [9.17, 15) is 0 Å². The van der Waals surface area contributed by atoms with Crippen LogP contribution in [-0.2, 0) is 0 Å². The fourth-order valence-corrected chi connectivity index (χ4v) is 2.29. The lowest BCUT2D eigenvalue weighted by Crippen LogP contribution is -1.89. The van der Waals surface area contributed by atoms with Crippen molar-refractivity contribution in [2.24, 2.45) is 0 Å². The van der Waals surface area contributed by atoms with Crippen LogP contribution in [0.3, 0.4) is 0 Å². The monoisotopic (exact) mass is 253 g/mol. The predicted octanol–water partition coefficient (Wildman–Crippen LogP) is 4.91. The summed E-state index contributed by atoms with van der Waals surface area (Å²) in [5.74, 6) is 0.904. The Morgan fingerprint density at radius 2 is 1.42 bits per heavy atom. The Morgan fingerprint density at radius 1 is 0.842 bits per heavy atom. The third kappa shape index (κ3) is 3.85. The van der Waals surface area contributed by atoms with Crippen molar-refractivity contribution >= 4 is 5.69 Å². The van der Waals surface area contributed by atoms with Gasteiger partial charge in [0.25, 0.3) is 0 Å². The molecule has 0 bridgehead atoms. The molecule has 1 heteroatoms. The Hall–Kier alpha value is -1.76. The van der Waals surface area contributed by atoms with Gasteiger partial charge in [-0.05, 0) is 55.4 Å². The van der Waals surface area contributed by atoms with Crippen molar-refractivity contribution in [2.45, 2.75) is 32.6 Å². The molecule has 0 aromatic heterocycles. The van der Waals surface area contributed by atoms with Gasteiger partial charge in [0.05, 0.1) is 0 Å². The average molecular weight is 253 g/mol. The maximum Gasteiger partial charge on any atom is 0.0367 e. The van der Waals surface area contributed by atoms with Gasteiger partial charge in [-0.25, -0.2) is 0 Å². The Kier molecular flexibility index (Phi) is 4.62. The van der Waals surface area contributed by atoms with Gasteiger partial charge in [-0.2, -0.15) is 0 Å². The van der Waals surface area contributed by atoms with Crippen LogP contribution < -0.4 is 5.32 Å². The van der Waals surface area contributed by atoms with Gasteiger partial charge < -0.3 is 5.32 Å². The number of nitrogens with one attached hydrogen (secondary N) is 1. The molecule has 2 aromatic carbocycles. The number of rotatable bonds is 2. The van der Waals surface area contributed by atoms with Crippen molar-refractivity contribution in [3.05, 3.63) is 65.2 Å². The van der Waals surface area contributed by atoms with Crippen LogP contribution in [0, 0.1) is 13.8 Å². The highest BCUT2D eigenvalue weighted by molar-refractivity contribution is 5.49. The first-order chi connectivity index (χ1) is 9.22. The molecule has 1 aliphatic carbocycles. The van der Waals surface area contributed by atoms with Crippen LogP contribution in [0.1, 0.15) is 35.4 Å². The molecule has 0 amide bonds. The fourth-order valence-electron chi connectivity index (χ4n) is 2.29. The maximum atomic E-state index is 3.10. The summed E-state index contributed by atoms with van der Waals surface area (Å²) in [7, 11) is 1.93. The van der Waals surface area contributed by atoms with Crippen LogP contribution in [0.15, 0.2) is 48.5 Å². The number of para-hydroxylation sites is 1. The minimum Gasteiger partial charge on any atom is -0.388 e. The standard InChI is InChI=1S/C10H12.C8H11N/c1-8-4-2-3-5-10(8)9-6-7-9;1-7-5-3-4-6-8(7)9-2/h2-5,9H,6-7H2,1H3;3-6,9H,1-2H3. The molecule has 0 atom stereocenters. The van der Waals surface area contributed by atoms with Gasteiger partial charge in [-0.1, -0.05) is 42.5 Å². The minimum absolute atomic E-state index is 0.904. The molecule has 19 heavy (non-hydrogen) atoms. The molecule has 100 valence electrons. The second-order valence-electron chi connectivity index (χ2n) is 5.20. The first kappa shape index (κ1) is 13.7. The molecular weight excluding hydrogens is 230 g/mol. The summed E-state index contributed by atoms with van der Waals surface area (Å²) in [5.41, 5.74) is 5.53. The smallest absolute Gasteiger partial charge is 0.0367 e. The summed E-state index contributed by atoms with van der Waals surface area (Å²) in [6.45, 7) is 4.29. The number of hydrogen-bond acceptors (Lipinski definition) is 1. The van der Waals surface area contributed by atoms with Crippen molar-refractivity contribution in [1.29, 1.82) is 0 Å². The van der Waals surface area contributed by atoms with Crippen molar-refractivity contribution in [1.82, 2.24) is 0 Å². The maximum absolute atomic E-state index is 3.10. The third-order valence-corrected chi connectivity index (χ3v) is 3.62. The molecule has 0 spiro atoms. The molecule has 1 aliphatic rings. The molecule has 0 unspecified atom stereocenters. The fraction of sp³-hybridized carbons (Fsp3) is 0.333. The molecule has 0 radical (unpaired) electrons. The van der Waals surface area contributed by atoms with Crippen LogP contribution in [0.25, 0.3) is 0 Å². The SMILES string of the molecule is CNc1ccccc1C.Cc1ccccc1C1CC1. The van der Waals surface area contributed by atoms with E-state index in [-0.39, 0.29) is 0 Å². The van der Waals surface area contributed by atoms with E-state index in [2.05, 4.69) is 55.6 Å². The van der Waals surface area contributed by atoms with Crippen LogP contribution in [-0.4, -0.2) is 7.05 Å². The van der Waals surface area contributed by atoms with Gasteiger partial charge in [0.2, 0.25) is 0 Å². The summed E-state index contributed by atoms with van der Waals surface area (Å²) < 4.78 is 0. The lowest BCUT2D eigenvalue weighted by molar-refractivity contribution is 1.10. The Labute approximate surface area is 116 Å². The van der Waals surface area contributed by atoms with Crippen LogP contribution in [0.5, 0.6) is 0 Å². The topological polar surface area (TPSA) is 12.0 Å². The molecule has 0 heterocycles. The van der Waals surface area contributed by atoms with E-state index in [1.54, 1.807) is 5.56 Å². The van der Waals surface area contributed by atoms with Crippen LogP contribution in [0.4, 0.5) is 5.69 Å². The van der Waals surface area contributed by atoms with E-state index in [0.717, 1.165) is 5.92 Å². The Balaban J connectivity index is 0.000000141. The van der Waals surface area contributed by atoms with E-state index in [0.29, 0.717) is 0 Å². The van der Waals surface area contributed by atoms with E-state index in [1.165, 1.54) is 29.7 Å². The molecular formula is C18H23N.